The number of carbonyl (C=O) groups excluding carboxylic acids is 1. The fraction of sp³-hybridized carbons (Fsp3) is 0.500. The standard InChI is InChI=1S/C14H18FNO3/c1-19-14-5-2-10(8-12(14)15)13(18)9-16(6-7-17)11-3-4-11/h2,5,8,11,17H,3-4,6-7,9H2,1H3. The molecule has 0 heterocycles. The van der Waals surface area contributed by atoms with Gasteiger partial charge in [-0.15, -0.1) is 0 Å². The molecule has 2 rings (SSSR count). The number of aliphatic hydroxyl groups excluding tert-OH is 1. The maximum Gasteiger partial charge on any atom is 0.176 e. The third-order valence-corrected chi connectivity index (χ3v) is 3.27. The Morgan fingerprint density at radius 3 is 2.79 bits per heavy atom. The fourth-order valence-corrected chi connectivity index (χ4v) is 2.07. The Hall–Kier alpha value is -1.46. The highest BCUT2D eigenvalue weighted by molar-refractivity contribution is 5.97. The maximum absolute atomic E-state index is 13.5. The minimum atomic E-state index is -0.534. The van der Waals surface area contributed by atoms with Gasteiger partial charge in [-0.3, -0.25) is 9.69 Å². The molecule has 0 saturated heterocycles. The predicted molar refractivity (Wildman–Crippen MR) is 69.0 cm³/mol. The fourth-order valence-electron chi connectivity index (χ4n) is 2.07. The smallest absolute Gasteiger partial charge is 0.176 e. The van der Waals surface area contributed by atoms with Crippen LogP contribution in [0, 0.1) is 5.82 Å². The van der Waals surface area contributed by atoms with Crippen molar-refractivity contribution < 1.29 is 19.0 Å². The summed E-state index contributed by atoms with van der Waals surface area (Å²) in [7, 11) is 1.38. The van der Waals surface area contributed by atoms with Gasteiger partial charge in [0.1, 0.15) is 0 Å². The molecule has 0 amide bonds. The summed E-state index contributed by atoms with van der Waals surface area (Å²) in [6, 6.07) is 4.61. The SMILES string of the molecule is COc1ccc(C(=O)CN(CCO)C2CC2)cc1F. The number of methoxy groups -OCH3 is 1. The molecule has 5 heteroatoms. The predicted octanol–water partition coefficient (Wildman–Crippen LogP) is 1.47. The lowest BCUT2D eigenvalue weighted by atomic mass is 10.1. The molecule has 0 aromatic heterocycles. The molecule has 1 aromatic rings. The van der Waals surface area contributed by atoms with E-state index < -0.39 is 5.82 Å². The summed E-state index contributed by atoms with van der Waals surface area (Å²) in [5.74, 6) is -0.540. The largest absolute Gasteiger partial charge is 0.494 e. The average Bonchev–Trinajstić information content (AvgIpc) is 3.22. The number of benzene rings is 1. The van der Waals surface area contributed by atoms with Gasteiger partial charge in [0.15, 0.2) is 17.3 Å². The number of carbonyl (C=O) groups is 1. The molecule has 4 nitrogen and oxygen atoms in total. The highest BCUT2D eigenvalue weighted by Crippen LogP contribution is 2.27. The lowest BCUT2D eigenvalue weighted by Gasteiger charge is -2.19. The molecule has 1 saturated carbocycles. The molecule has 1 fully saturated rings. The normalized spacial score (nSPS) is 14.7. The Kier molecular flexibility index (Phi) is 4.50. The number of rotatable bonds is 7. The number of hydrogen-bond donors (Lipinski definition) is 1. The van der Waals surface area contributed by atoms with E-state index in [0.717, 1.165) is 12.8 Å². The second kappa shape index (κ2) is 6.12. The van der Waals surface area contributed by atoms with Gasteiger partial charge in [0, 0.05) is 18.2 Å². The van der Waals surface area contributed by atoms with Crippen molar-refractivity contribution in [3.63, 3.8) is 0 Å². The molecule has 1 aliphatic carbocycles. The van der Waals surface area contributed by atoms with Crippen molar-refractivity contribution in [1.29, 1.82) is 0 Å². The van der Waals surface area contributed by atoms with Gasteiger partial charge in [0.2, 0.25) is 0 Å². The number of hydrogen-bond acceptors (Lipinski definition) is 4. The van der Waals surface area contributed by atoms with Crippen LogP contribution in [-0.2, 0) is 0 Å². The monoisotopic (exact) mass is 267 g/mol. The van der Waals surface area contributed by atoms with Gasteiger partial charge in [-0.1, -0.05) is 0 Å². The summed E-state index contributed by atoms with van der Waals surface area (Å²) in [6.45, 7) is 0.729. The van der Waals surface area contributed by atoms with E-state index in [9.17, 15) is 9.18 Å². The molecule has 1 N–H and O–H groups in total. The van der Waals surface area contributed by atoms with E-state index in [2.05, 4.69) is 0 Å². The number of ketones is 1. The van der Waals surface area contributed by atoms with Gasteiger partial charge < -0.3 is 9.84 Å². The zero-order valence-electron chi connectivity index (χ0n) is 10.9. The van der Waals surface area contributed by atoms with Crippen molar-refractivity contribution in [2.75, 3.05) is 26.8 Å². The molecule has 0 spiro atoms. The van der Waals surface area contributed by atoms with E-state index in [1.165, 1.54) is 19.2 Å². The number of Topliss-reactive ketones (excluding diaryl/α,β-unsaturated/α-hetero) is 1. The Morgan fingerprint density at radius 2 is 2.26 bits per heavy atom. The first-order chi connectivity index (χ1) is 9.15. The minimum Gasteiger partial charge on any atom is -0.494 e. The Morgan fingerprint density at radius 1 is 1.53 bits per heavy atom. The summed E-state index contributed by atoms with van der Waals surface area (Å²) in [6.07, 6.45) is 2.12. The van der Waals surface area contributed by atoms with Gasteiger partial charge in [-0.05, 0) is 31.0 Å². The third-order valence-electron chi connectivity index (χ3n) is 3.27. The average molecular weight is 267 g/mol. The van der Waals surface area contributed by atoms with Crippen LogP contribution >= 0.6 is 0 Å². The Balaban J connectivity index is 2.04. The molecule has 104 valence electrons. The maximum atomic E-state index is 13.5. The summed E-state index contributed by atoms with van der Waals surface area (Å²) >= 11 is 0. The van der Waals surface area contributed by atoms with Crippen LogP contribution in [-0.4, -0.2) is 48.6 Å². The van der Waals surface area contributed by atoms with Gasteiger partial charge in [-0.2, -0.15) is 0 Å². The molecule has 0 bridgehead atoms. The lowest BCUT2D eigenvalue weighted by molar-refractivity contribution is 0.0906. The second-order valence-corrected chi connectivity index (χ2v) is 4.70. The first-order valence-electron chi connectivity index (χ1n) is 6.37. The molecule has 19 heavy (non-hydrogen) atoms. The van der Waals surface area contributed by atoms with Crippen molar-refractivity contribution in [3.05, 3.63) is 29.6 Å². The number of halogens is 1. The van der Waals surface area contributed by atoms with Gasteiger partial charge in [0.05, 0.1) is 20.3 Å². The van der Waals surface area contributed by atoms with Crippen LogP contribution in [0.4, 0.5) is 4.39 Å². The van der Waals surface area contributed by atoms with Crippen LogP contribution in [0.1, 0.15) is 23.2 Å². The van der Waals surface area contributed by atoms with E-state index in [-0.39, 0.29) is 24.7 Å². The van der Waals surface area contributed by atoms with Crippen molar-refractivity contribution in [2.45, 2.75) is 18.9 Å². The van der Waals surface area contributed by atoms with Gasteiger partial charge >= 0.3 is 0 Å². The van der Waals surface area contributed by atoms with E-state index in [0.29, 0.717) is 18.2 Å². The zero-order chi connectivity index (χ0) is 13.8. The number of ether oxygens (including phenoxy) is 1. The summed E-state index contributed by atoms with van der Waals surface area (Å²) in [5, 5.41) is 8.98. The molecular formula is C14H18FNO3. The molecule has 1 aromatic carbocycles. The van der Waals surface area contributed by atoms with E-state index in [1.807, 2.05) is 4.90 Å². The van der Waals surface area contributed by atoms with Crippen LogP contribution in [0.3, 0.4) is 0 Å². The molecule has 0 atom stereocenters. The molecular weight excluding hydrogens is 249 g/mol. The van der Waals surface area contributed by atoms with Crippen LogP contribution in [0.25, 0.3) is 0 Å². The lowest BCUT2D eigenvalue weighted by Crippen LogP contribution is -2.34. The Bertz CT molecular complexity index is 460. The van der Waals surface area contributed by atoms with E-state index in [1.54, 1.807) is 6.07 Å². The molecule has 0 unspecified atom stereocenters. The van der Waals surface area contributed by atoms with E-state index >= 15 is 0 Å². The molecule has 0 radical (unpaired) electrons. The van der Waals surface area contributed by atoms with Crippen LogP contribution in [0.15, 0.2) is 18.2 Å². The van der Waals surface area contributed by atoms with Crippen molar-refractivity contribution in [1.82, 2.24) is 4.90 Å². The topological polar surface area (TPSA) is 49.8 Å². The first kappa shape index (κ1) is 14.0. The Labute approximate surface area is 111 Å². The molecule has 1 aliphatic rings. The summed E-state index contributed by atoms with van der Waals surface area (Å²) in [4.78, 5) is 14.0. The second-order valence-electron chi connectivity index (χ2n) is 4.70. The van der Waals surface area contributed by atoms with Crippen LogP contribution in [0.2, 0.25) is 0 Å². The highest BCUT2D eigenvalue weighted by atomic mass is 19.1. The van der Waals surface area contributed by atoms with Crippen molar-refractivity contribution >= 4 is 5.78 Å². The number of aliphatic hydroxyl groups is 1. The highest BCUT2D eigenvalue weighted by Gasteiger charge is 2.30. The number of nitrogens with zero attached hydrogens (tertiary/aromatic N) is 1. The quantitative estimate of drug-likeness (QED) is 0.760. The van der Waals surface area contributed by atoms with Crippen molar-refractivity contribution in [2.24, 2.45) is 0 Å². The zero-order valence-corrected chi connectivity index (χ0v) is 10.9. The van der Waals surface area contributed by atoms with Gasteiger partial charge in [0.25, 0.3) is 0 Å². The van der Waals surface area contributed by atoms with Crippen molar-refractivity contribution in [3.8, 4) is 5.75 Å². The summed E-state index contributed by atoms with van der Waals surface area (Å²) < 4.78 is 18.4. The van der Waals surface area contributed by atoms with Crippen LogP contribution in [0.5, 0.6) is 5.75 Å². The first-order valence-corrected chi connectivity index (χ1v) is 6.37. The third kappa shape index (κ3) is 3.52. The van der Waals surface area contributed by atoms with E-state index in [4.69, 9.17) is 9.84 Å². The molecule has 0 aliphatic heterocycles. The van der Waals surface area contributed by atoms with Crippen LogP contribution < -0.4 is 4.74 Å². The summed E-state index contributed by atoms with van der Waals surface area (Å²) in [5.41, 5.74) is 0.335. The van der Waals surface area contributed by atoms with Gasteiger partial charge in [-0.25, -0.2) is 4.39 Å². The minimum absolute atomic E-state index is 0.0285.